The Morgan fingerprint density at radius 1 is 1.00 bits per heavy atom. The maximum Gasteiger partial charge on any atom is 0.272 e. The van der Waals surface area contributed by atoms with Gasteiger partial charge in [0.05, 0.1) is 11.5 Å². The monoisotopic (exact) mass is 417 g/mol. The fourth-order valence-corrected chi connectivity index (χ4v) is 4.64. The number of hydrogen-bond donors (Lipinski definition) is 1. The van der Waals surface area contributed by atoms with Crippen molar-refractivity contribution in [3.05, 3.63) is 104 Å². The van der Waals surface area contributed by atoms with Crippen LogP contribution < -0.4 is 5.43 Å². The third-order valence-electron chi connectivity index (χ3n) is 5.12. The van der Waals surface area contributed by atoms with Crippen molar-refractivity contribution in [3.63, 3.8) is 0 Å². The van der Waals surface area contributed by atoms with Crippen LogP contribution in [0.25, 0.3) is 26.2 Å². The molecule has 0 saturated heterocycles. The first-order valence-electron chi connectivity index (χ1n) is 9.55. The van der Waals surface area contributed by atoms with Crippen molar-refractivity contribution in [3.8, 4) is 0 Å². The first kappa shape index (κ1) is 19.9. The van der Waals surface area contributed by atoms with Gasteiger partial charge in [-0.25, -0.2) is 0 Å². The van der Waals surface area contributed by atoms with Gasteiger partial charge in [-0.15, -0.1) is 11.3 Å². The number of hydrogen-bond acceptors (Lipinski definition) is 5. The minimum absolute atomic E-state index is 0.0139. The summed E-state index contributed by atoms with van der Waals surface area (Å²) in [6.07, 6.45) is 4.22. The van der Waals surface area contributed by atoms with Gasteiger partial charge in [0.1, 0.15) is 0 Å². The Morgan fingerprint density at radius 2 is 1.73 bits per heavy atom. The van der Waals surface area contributed by atoms with Crippen molar-refractivity contribution in [2.45, 2.75) is 12.3 Å². The molecular formula is C24H19NO4S. The molecule has 0 spiro atoms. The Balaban J connectivity index is 1.62. The van der Waals surface area contributed by atoms with E-state index in [0.29, 0.717) is 22.8 Å². The predicted molar refractivity (Wildman–Crippen MR) is 122 cm³/mol. The summed E-state index contributed by atoms with van der Waals surface area (Å²) in [5.74, 6) is -0.371. The van der Waals surface area contributed by atoms with Crippen LogP contribution in [0.4, 0.5) is 5.69 Å². The van der Waals surface area contributed by atoms with Crippen molar-refractivity contribution in [1.29, 1.82) is 0 Å². The molecule has 0 bridgehead atoms. The first-order chi connectivity index (χ1) is 14.6. The van der Waals surface area contributed by atoms with Gasteiger partial charge < -0.3 is 5.11 Å². The molecule has 6 heteroatoms. The number of fused-ring (bicyclic) bond motifs is 2. The summed E-state index contributed by atoms with van der Waals surface area (Å²) < 4.78 is 1.90. The second kappa shape index (κ2) is 8.57. The molecule has 1 N–H and O–H groups in total. The second-order valence-electron chi connectivity index (χ2n) is 7.02. The van der Waals surface area contributed by atoms with Crippen molar-refractivity contribution < 1.29 is 10.0 Å². The Hall–Kier alpha value is -3.35. The van der Waals surface area contributed by atoms with Crippen LogP contribution in [-0.2, 0) is 0 Å². The van der Waals surface area contributed by atoms with E-state index in [0.717, 1.165) is 15.0 Å². The first-order valence-corrected chi connectivity index (χ1v) is 10.4. The molecule has 0 aliphatic carbocycles. The summed E-state index contributed by atoms with van der Waals surface area (Å²) in [5, 5.41) is 22.4. The number of nitrogens with zero attached hydrogens (tertiary/aromatic N) is 1. The lowest BCUT2D eigenvalue weighted by molar-refractivity contribution is -0.385. The van der Waals surface area contributed by atoms with E-state index in [2.05, 4.69) is 0 Å². The third-order valence-corrected chi connectivity index (χ3v) is 6.28. The lowest BCUT2D eigenvalue weighted by Gasteiger charge is -2.12. The van der Waals surface area contributed by atoms with Crippen LogP contribution in [0.5, 0.6) is 0 Å². The lowest BCUT2D eigenvalue weighted by Crippen LogP contribution is -2.06. The SMILES string of the molecule is O=c1c2ccccc2sc2ccc(/C=C/CC(CO)c3ccccc3[N+](=O)[O-])cc12. The van der Waals surface area contributed by atoms with E-state index in [1.165, 1.54) is 6.07 Å². The molecule has 0 fully saturated rings. The van der Waals surface area contributed by atoms with Gasteiger partial charge in [0.2, 0.25) is 0 Å². The van der Waals surface area contributed by atoms with Gasteiger partial charge >= 0.3 is 0 Å². The zero-order valence-corrected chi connectivity index (χ0v) is 16.8. The molecule has 0 amide bonds. The summed E-state index contributed by atoms with van der Waals surface area (Å²) in [4.78, 5) is 23.7. The van der Waals surface area contributed by atoms with Crippen LogP contribution in [0, 0.1) is 10.1 Å². The number of aliphatic hydroxyl groups is 1. The summed E-state index contributed by atoms with van der Waals surface area (Å²) in [7, 11) is 0. The van der Waals surface area contributed by atoms with Gasteiger partial charge in [-0.2, -0.15) is 0 Å². The van der Waals surface area contributed by atoms with E-state index in [1.54, 1.807) is 29.5 Å². The topological polar surface area (TPSA) is 80.4 Å². The highest BCUT2D eigenvalue weighted by Crippen LogP contribution is 2.29. The van der Waals surface area contributed by atoms with Crippen molar-refractivity contribution in [2.75, 3.05) is 6.61 Å². The molecule has 4 aromatic rings. The minimum Gasteiger partial charge on any atom is -0.396 e. The van der Waals surface area contributed by atoms with Crippen molar-refractivity contribution in [2.24, 2.45) is 0 Å². The van der Waals surface area contributed by atoms with Crippen LogP contribution >= 0.6 is 11.3 Å². The molecule has 150 valence electrons. The average molecular weight is 417 g/mol. The maximum absolute atomic E-state index is 12.8. The fourth-order valence-electron chi connectivity index (χ4n) is 3.59. The Kier molecular flexibility index (Phi) is 5.70. The summed E-state index contributed by atoms with van der Waals surface area (Å²) in [6, 6.07) is 19.8. The van der Waals surface area contributed by atoms with E-state index in [4.69, 9.17) is 0 Å². The van der Waals surface area contributed by atoms with Crippen LogP contribution in [-0.4, -0.2) is 16.6 Å². The number of aliphatic hydroxyl groups excluding tert-OH is 1. The number of rotatable bonds is 6. The molecule has 0 aliphatic rings. The molecule has 5 nitrogen and oxygen atoms in total. The number of nitro benzene ring substituents is 1. The number of allylic oxidation sites excluding steroid dienone is 1. The summed E-state index contributed by atoms with van der Waals surface area (Å²) >= 11 is 1.59. The molecular weight excluding hydrogens is 398 g/mol. The predicted octanol–water partition coefficient (Wildman–Crippen LogP) is 5.50. The Morgan fingerprint density at radius 3 is 2.53 bits per heavy atom. The quantitative estimate of drug-likeness (QED) is 0.255. The fraction of sp³-hybridized carbons (Fsp3) is 0.125. The highest BCUT2D eigenvalue weighted by Gasteiger charge is 2.20. The van der Waals surface area contributed by atoms with Gasteiger partial charge in [-0.05, 0) is 36.2 Å². The van der Waals surface area contributed by atoms with Gasteiger partial charge in [-0.1, -0.05) is 48.6 Å². The summed E-state index contributed by atoms with van der Waals surface area (Å²) in [6.45, 7) is -0.189. The normalized spacial score (nSPS) is 12.6. The maximum atomic E-state index is 12.8. The molecule has 30 heavy (non-hydrogen) atoms. The number of para-hydroxylation sites is 1. The molecule has 0 aliphatic heterocycles. The number of nitro groups is 1. The molecule has 0 radical (unpaired) electrons. The average Bonchev–Trinajstić information content (AvgIpc) is 2.77. The van der Waals surface area contributed by atoms with Crippen molar-refractivity contribution in [1.82, 2.24) is 0 Å². The molecule has 1 unspecified atom stereocenters. The smallest absolute Gasteiger partial charge is 0.272 e. The van der Waals surface area contributed by atoms with E-state index in [1.807, 2.05) is 54.6 Å². The summed E-state index contributed by atoms with van der Waals surface area (Å²) in [5.41, 5.74) is 1.42. The third kappa shape index (κ3) is 3.87. The highest BCUT2D eigenvalue weighted by molar-refractivity contribution is 7.24. The molecule has 1 heterocycles. The lowest BCUT2D eigenvalue weighted by atomic mass is 9.94. The Bertz CT molecular complexity index is 1330. The van der Waals surface area contributed by atoms with Crippen LogP contribution in [0.2, 0.25) is 0 Å². The Labute approximate surface area is 176 Å². The molecule has 3 aromatic carbocycles. The zero-order chi connectivity index (χ0) is 21.1. The van der Waals surface area contributed by atoms with E-state index in [-0.39, 0.29) is 23.6 Å². The second-order valence-corrected chi connectivity index (χ2v) is 8.10. The highest BCUT2D eigenvalue weighted by atomic mass is 32.1. The zero-order valence-electron chi connectivity index (χ0n) is 16.0. The van der Waals surface area contributed by atoms with Gasteiger partial charge in [0.15, 0.2) is 5.43 Å². The minimum atomic E-state index is -0.424. The standard InChI is InChI=1S/C24H19NO4S/c26-15-17(18-8-1-3-10-21(18)25(28)29)7-5-6-16-12-13-23-20(14-16)24(27)19-9-2-4-11-22(19)30-23/h1-6,8-14,17,26H,7,15H2/b6-5+. The van der Waals surface area contributed by atoms with E-state index >= 15 is 0 Å². The van der Waals surface area contributed by atoms with Gasteiger partial charge in [-0.3, -0.25) is 14.9 Å². The van der Waals surface area contributed by atoms with Gasteiger partial charge in [0.25, 0.3) is 5.69 Å². The van der Waals surface area contributed by atoms with Gasteiger partial charge in [0, 0.05) is 37.7 Å². The van der Waals surface area contributed by atoms with Crippen LogP contribution in [0.3, 0.4) is 0 Å². The van der Waals surface area contributed by atoms with E-state index in [9.17, 15) is 20.0 Å². The van der Waals surface area contributed by atoms with E-state index < -0.39 is 4.92 Å². The number of benzene rings is 3. The molecule has 1 aromatic heterocycles. The molecule has 0 saturated carbocycles. The van der Waals surface area contributed by atoms with Crippen LogP contribution in [0.1, 0.15) is 23.5 Å². The molecule has 4 rings (SSSR count). The largest absolute Gasteiger partial charge is 0.396 e. The van der Waals surface area contributed by atoms with Crippen molar-refractivity contribution >= 4 is 43.3 Å². The molecule has 1 atom stereocenters. The van der Waals surface area contributed by atoms with Crippen LogP contribution in [0.15, 0.2) is 77.6 Å².